The van der Waals surface area contributed by atoms with Crippen LogP contribution in [0.1, 0.15) is 26.2 Å². The fourth-order valence-electron chi connectivity index (χ4n) is 1.36. The molecule has 0 aliphatic carbocycles. The SMILES string of the molecule is COCCN(C)CCCCC(C)(N)C(N)=O. The summed E-state index contributed by atoms with van der Waals surface area (Å²) in [5, 5.41) is 0. The molecule has 0 fully saturated rings. The van der Waals surface area contributed by atoms with Crippen LogP contribution in [0.4, 0.5) is 0 Å². The van der Waals surface area contributed by atoms with Gasteiger partial charge in [-0.25, -0.2) is 0 Å². The first-order chi connectivity index (χ1) is 7.40. The summed E-state index contributed by atoms with van der Waals surface area (Å²) in [4.78, 5) is 13.2. The third-order valence-electron chi connectivity index (χ3n) is 2.73. The van der Waals surface area contributed by atoms with E-state index >= 15 is 0 Å². The van der Waals surface area contributed by atoms with Crippen molar-refractivity contribution in [2.75, 3.05) is 33.9 Å². The molecule has 5 nitrogen and oxygen atoms in total. The van der Waals surface area contributed by atoms with Crippen LogP contribution in [0.5, 0.6) is 0 Å². The molecule has 0 heterocycles. The molecule has 0 bridgehead atoms. The topological polar surface area (TPSA) is 81.6 Å². The van der Waals surface area contributed by atoms with Gasteiger partial charge in [0.25, 0.3) is 0 Å². The van der Waals surface area contributed by atoms with E-state index in [0.717, 1.165) is 32.5 Å². The van der Waals surface area contributed by atoms with Gasteiger partial charge in [-0.1, -0.05) is 0 Å². The number of likely N-dealkylation sites (N-methyl/N-ethyl adjacent to an activating group) is 1. The molecule has 0 radical (unpaired) electrons. The van der Waals surface area contributed by atoms with Gasteiger partial charge in [0.1, 0.15) is 0 Å². The summed E-state index contributed by atoms with van der Waals surface area (Å²) in [7, 11) is 3.75. The zero-order valence-corrected chi connectivity index (χ0v) is 10.7. The third-order valence-corrected chi connectivity index (χ3v) is 2.73. The van der Waals surface area contributed by atoms with Gasteiger partial charge in [0, 0.05) is 13.7 Å². The van der Waals surface area contributed by atoms with E-state index in [9.17, 15) is 4.79 Å². The van der Waals surface area contributed by atoms with Crippen molar-refractivity contribution in [3.05, 3.63) is 0 Å². The second kappa shape index (κ2) is 7.60. The van der Waals surface area contributed by atoms with Gasteiger partial charge in [-0.05, 0) is 39.8 Å². The third kappa shape index (κ3) is 6.76. The number of hydrogen-bond acceptors (Lipinski definition) is 4. The highest BCUT2D eigenvalue weighted by Crippen LogP contribution is 2.10. The van der Waals surface area contributed by atoms with Crippen molar-refractivity contribution < 1.29 is 9.53 Å². The minimum atomic E-state index is -0.870. The van der Waals surface area contributed by atoms with Crippen LogP contribution in [0.3, 0.4) is 0 Å². The number of primary amides is 1. The van der Waals surface area contributed by atoms with Crippen LogP contribution >= 0.6 is 0 Å². The van der Waals surface area contributed by atoms with E-state index in [1.807, 2.05) is 0 Å². The fraction of sp³-hybridized carbons (Fsp3) is 0.909. The molecule has 0 aromatic rings. The van der Waals surface area contributed by atoms with Crippen molar-refractivity contribution in [2.45, 2.75) is 31.7 Å². The average Bonchev–Trinajstić information content (AvgIpc) is 2.21. The van der Waals surface area contributed by atoms with Gasteiger partial charge in [0.2, 0.25) is 5.91 Å². The molecule has 0 saturated carbocycles. The largest absolute Gasteiger partial charge is 0.383 e. The fourth-order valence-corrected chi connectivity index (χ4v) is 1.36. The number of carbonyl (C=O) groups excluding carboxylic acids is 1. The molecule has 1 atom stereocenters. The standard InChI is InChI=1S/C11H25N3O2/c1-11(13,10(12)15)6-4-5-7-14(2)8-9-16-3/h4-9,13H2,1-3H3,(H2,12,15). The van der Waals surface area contributed by atoms with Crippen LogP contribution in [-0.4, -0.2) is 50.2 Å². The number of ether oxygens (including phenoxy) is 1. The summed E-state index contributed by atoms with van der Waals surface area (Å²) in [5.41, 5.74) is 10.1. The molecule has 5 heteroatoms. The molecule has 0 aromatic heterocycles. The average molecular weight is 231 g/mol. The monoisotopic (exact) mass is 231 g/mol. The van der Waals surface area contributed by atoms with Gasteiger partial charge in [0.15, 0.2) is 0 Å². The van der Waals surface area contributed by atoms with Crippen LogP contribution in [0.15, 0.2) is 0 Å². The molecule has 1 unspecified atom stereocenters. The number of carbonyl (C=O) groups is 1. The van der Waals surface area contributed by atoms with E-state index < -0.39 is 11.4 Å². The zero-order chi connectivity index (χ0) is 12.6. The number of amides is 1. The number of nitrogens with zero attached hydrogens (tertiary/aromatic N) is 1. The second-order valence-electron chi connectivity index (χ2n) is 4.53. The smallest absolute Gasteiger partial charge is 0.237 e. The Balaban J connectivity index is 3.56. The minimum Gasteiger partial charge on any atom is -0.383 e. The lowest BCUT2D eigenvalue weighted by molar-refractivity contribution is -0.122. The van der Waals surface area contributed by atoms with Gasteiger partial charge in [-0.15, -0.1) is 0 Å². The highest BCUT2D eigenvalue weighted by molar-refractivity contribution is 5.83. The number of unbranched alkanes of at least 4 members (excludes halogenated alkanes) is 1. The molecule has 4 N–H and O–H groups in total. The van der Waals surface area contributed by atoms with Crippen LogP contribution in [0.2, 0.25) is 0 Å². The van der Waals surface area contributed by atoms with Crippen LogP contribution in [0.25, 0.3) is 0 Å². The molecule has 16 heavy (non-hydrogen) atoms. The number of rotatable bonds is 9. The van der Waals surface area contributed by atoms with Crippen molar-refractivity contribution in [1.29, 1.82) is 0 Å². The summed E-state index contributed by atoms with van der Waals surface area (Å²) < 4.78 is 4.98. The summed E-state index contributed by atoms with van der Waals surface area (Å²) in [6.07, 6.45) is 2.56. The molecule has 0 rings (SSSR count). The minimum absolute atomic E-state index is 0.430. The Hall–Kier alpha value is -0.650. The van der Waals surface area contributed by atoms with E-state index in [0.29, 0.717) is 6.42 Å². The van der Waals surface area contributed by atoms with Gasteiger partial charge in [-0.2, -0.15) is 0 Å². The number of methoxy groups -OCH3 is 1. The molecule has 0 saturated heterocycles. The molecular weight excluding hydrogens is 206 g/mol. The van der Waals surface area contributed by atoms with E-state index in [1.54, 1.807) is 14.0 Å². The molecular formula is C11H25N3O2. The molecule has 0 aromatic carbocycles. The Morgan fingerprint density at radius 1 is 1.38 bits per heavy atom. The van der Waals surface area contributed by atoms with Crippen LogP contribution in [0, 0.1) is 0 Å². The maximum absolute atomic E-state index is 11.0. The van der Waals surface area contributed by atoms with E-state index in [-0.39, 0.29) is 0 Å². The summed E-state index contributed by atoms with van der Waals surface area (Å²) in [6, 6.07) is 0. The Morgan fingerprint density at radius 2 is 2.00 bits per heavy atom. The van der Waals surface area contributed by atoms with E-state index in [1.165, 1.54) is 0 Å². The van der Waals surface area contributed by atoms with Gasteiger partial charge in [-0.3, -0.25) is 4.79 Å². The quantitative estimate of drug-likeness (QED) is 0.545. The van der Waals surface area contributed by atoms with E-state index in [4.69, 9.17) is 16.2 Å². The Labute approximate surface area is 98.1 Å². The van der Waals surface area contributed by atoms with Gasteiger partial charge < -0.3 is 21.1 Å². The normalized spacial score (nSPS) is 15.1. The molecule has 96 valence electrons. The lowest BCUT2D eigenvalue weighted by Gasteiger charge is -2.21. The Morgan fingerprint density at radius 3 is 2.50 bits per heavy atom. The predicted molar refractivity (Wildman–Crippen MR) is 65.0 cm³/mol. The first-order valence-electron chi connectivity index (χ1n) is 5.66. The van der Waals surface area contributed by atoms with Crippen molar-refractivity contribution in [3.63, 3.8) is 0 Å². The first-order valence-corrected chi connectivity index (χ1v) is 5.66. The highest BCUT2D eigenvalue weighted by atomic mass is 16.5. The number of hydrogen-bond donors (Lipinski definition) is 2. The van der Waals surface area contributed by atoms with Crippen LogP contribution in [-0.2, 0) is 9.53 Å². The Bertz CT molecular complexity index is 207. The lowest BCUT2D eigenvalue weighted by atomic mass is 9.95. The summed E-state index contributed by atoms with van der Waals surface area (Å²) in [5.74, 6) is -0.430. The van der Waals surface area contributed by atoms with Gasteiger partial charge >= 0.3 is 0 Å². The van der Waals surface area contributed by atoms with Crippen molar-refractivity contribution in [2.24, 2.45) is 11.5 Å². The predicted octanol–water partition coefficient (Wildman–Crippen LogP) is -0.0624. The Kier molecular flexibility index (Phi) is 7.29. The summed E-state index contributed by atoms with van der Waals surface area (Å²) in [6.45, 7) is 4.33. The van der Waals surface area contributed by atoms with E-state index in [2.05, 4.69) is 11.9 Å². The maximum Gasteiger partial charge on any atom is 0.237 e. The van der Waals surface area contributed by atoms with Crippen molar-refractivity contribution in [3.8, 4) is 0 Å². The zero-order valence-electron chi connectivity index (χ0n) is 10.7. The first kappa shape index (κ1) is 15.3. The van der Waals surface area contributed by atoms with Crippen LogP contribution < -0.4 is 11.5 Å². The molecule has 0 spiro atoms. The maximum atomic E-state index is 11.0. The lowest BCUT2D eigenvalue weighted by Crippen LogP contribution is -2.49. The van der Waals surface area contributed by atoms with Crippen molar-refractivity contribution in [1.82, 2.24) is 4.90 Å². The van der Waals surface area contributed by atoms with Gasteiger partial charge in [0.05, 0.1) is 12.1 Å². The number of nitrogens with two attached hydrogens (primary N) is 2. The highest BCUT2D eigenvalue weighted by Gasteiger charge is 2.24. The molecule has 0 aliphatic rings. The molecule has 0 aliphatic heterocycles. The summed E-state index contributed by atoms with van der Waals surface area (Å²) >= 11 is 0. The molecule has 1 amide bonds. The van der Waals surface area contributed by atoms with Crippen molar-refractivity contribution >= 4 is 5.91 Å². The second-order valence-corrected chi connectivity index (χ2v) is 4.53.